The molecule has 0 unspecified atom stereocenters. The first kappa shape index (κ1) is 20.3. The van der Waals surface area contributed by atoms with Gasteiger partial charge in [-0.2, -0.15) is 0 Å². The number of ether oxygens (including phenoxy) is 3. The first-order chi connectivity index (χ1) is 13.8. The van der Waals surface area contributed by atoms with Gasteiger partial charge in [0.15, 0.2) is 16.8 Å². The summed E-state index contributed by atoms with van der Waals surface area (Å²) in [4.78, 5) is 8.04. The van der Waals surface area contributed by atoms with Crippen LogP contribution in [0.1, 0.15) is 25.8 Å². The molecule has 0 bridgehead atoms. The van der Waals surface area contributed by atoms with Crippen molar-refractivity contribution in [2.24, 2.45) is 0 Å². The van der Waals surface area contributed by atoms with E-state index in [-0.39, 0.29) is 23.6 Å². The molecule has 9 heteroatoms. The molecule has 0 amide bonds. The molecule has 1 saturated heterocycles. The molecule has 2 aliphatic rings. The Balaban J connectivity index is 1.58. The van der Waals surface area contributed by atoms with E-state index in [4.69, 9.17) is 31.5 Å². The van der Waals surface area contributed by atoms with Crippen LogP contribution in [0.4, 0.5) is 11.5 Å². The van der Waals surface area contributed by atoms with Crippen LogP contribution >= 0.6 is 11.6 Å². The van der Waals surface area contributed by atoms with Crippen molar-refractivity contribution in [3.8, 4) is 0 Å². The van der Waals surface area contributed by atoms with Crippen LogP contribution in [0.15, 0.2) is 36.7 Å². The molecular weight excluding hydrogens is 396 g/mol. The minimum absolute atomic E-state index is 0.143. The number of rotatable bonds is 6. The number of benzene rings is 1. The summed E-state index contributed by atoms with van der Waals surface area (Å²) in [6.07, 6.45) is 0.618. The van der Waals surface area contributed by atoms with Crippen LogP contribution in [0.3, 0.4) is 0 Å². The van der Waals surface area contributed by atoms with E-state index < -0.39 is 23.5 Å². The number of nitrogens with zero attached hydrogens (tertiary/aromatic N) is 2. The summed E-state index contributed by atoms with van der Waals surface area (Å²) in [5, 5.41) is 14.1. The Hall–Kier alpha value is -1.97. The molecule has 1 aromatic heterocycles. The Kier molecular flexibility index (Phi) is 5.39. The lowest BCUT2D eigenvalue weighted by atomic mass is 9.95. The van der Waals surface area contributed by atoms with Gasteiger partial charge in [-0.25, -0.2) is 9.97 Å². The largest absolute Gasteiger partial charge is 0.393 e. The molecule has 156 valence electrons. The maximum Gasteiger partial charge on any atom is 0.164 e. The molecule has 2 fully saturated rings. The van der Waals surface area contributed by atoms with Gasteiger partial charge in [-0.15, -0.1) is 0 Å². The van der Waals surface area contributed by atoms with Crippen molar-refractivity contribution < 1.29 is 19.3 Å². The fourth-order valence-corrected chi connectivity index (χ4v) is 4.28. The van der Waals surface area contributed by atoms with Gasteiger partial charge < -0.3 is 30.4 Å². The second-order valence-corrected chi connectivity index (χ2v) is 8.25. The molecule has 29 heavy (non-hydrogen) atoms. The van der Waals surface area contributed by atoms with Gasteiger partial charge >= 0.3 is 0 Å². The number of aliphatic hydroxyl groups is 1. The number of hydrogen-bond acceptors (Lipinski definition) is 8. The summed E-state index contributed by atoms with van der Waals surface area (Å²) in [5.41, 5.74) is 6.36. The van der Waals surface area contributed by atoms with Crippen LogP contribution in [0.5, 0.6) is 0 Å². The zero-order chi connectivity index (χ0) is 20.6. The van der Waals surface area contributed by atoms with Gasteiger partial charge in [0.1, 0.15) is 17.6 Å². The first-order valence-electron chi connectivity index (χ1n) is 9.51. The number of nitrogens with one attached hydrogen (secondary N) is 1. The van der Waals surface area contributed by atoms with Gasteiger partial charge in [0, 0.05) is 6.42 Å². The van der Waals surface area contributed by atoms with Crippen LogP contribution in [-0.4, -0.2) is 51.3 Å². The average molecular weight is 421 g/mol. The van der Waals surface area contributed by atoms with Gasteiger partial charge in [0.2, 0.25) is 0 Å². The van der Waals surface area contributed by atoms with Crippen molar-refractivity contribution in [2.45, 2.75) is 56.5 Å². The standard InChI is InChI=1S/C20H25ClN4O4/c1-19(2)28-14-8-13(26)16(25-18-15(22)17(21)23-11-24-18)20(14,29-19)10-27-9-12-6-4-3-5-7-12/h3-7,11,13-14,16,26H,8-10,22H2,1-2H3,(H,23,24,25)/t13-,14+,16+,20+/m1/s1. The zero-order valence-electron chi connectivity index (χ0n) is 16.3. The maximum atomic E-state index is 10.8. The van der Waals surface area contributed by atoms with Crippen LogP contribution in [0.25, 0.3) is 0 Å². The monoisotopic (exact) mass is 420 g/mol. The van der Waals surface area contributed by atoms with Crippen LogP contribution in [0.2, 0.25) is 5.15 Å². The van der Waals surface area contributed by atoms with Crippen molar-refractivity contribution in [1.82, 2.24) is 9.97 Å². The van der Waals surface area contributed by atoms with Crippen LogP contribution < -0.4 is 11.1 Å². The molecule has 4 atom stereocenters. The van der Waals surface area contributed by atoms with Gasteiger partial charge in [-0.1, -0.05) is 41.9 Å². The number of nitrogen functional groups attached to an aromatic ring is 1. The summed E-state index contributed by atoms with van der Waals surface area (Å²) >= 11 is 6.02. The number of aromatic nitrogens is 2. The topological polar surface area (TPSA) is 112 Å². The summed E-state index contributed by atoms with van der Waals surface area (Å²) in [6, 6.07) is 9.31. The normalized spacial score (nSPS) is 30.3. The Morgan fingerprint density at radius 1 is 1.31 bits per heavy atom. The van der Waals surface area contributed by atoms with Crippen molar-refractivity contribution in [3.05, 3.63) is 47.4 Å². The van der Waals surface area contributed by atoms with Crippen molar-refractivity contribution >= 4 is 23.1 Å². The molecule has 2 heterocycles. The van der Waals surface area contributed by atoms with E-state index >= 15 is 0 Å². The molecule has 8 nitrogen and oxygen atoms in total. The van der Waals surface area contributed by atoms with Crippen molar-refractivity contribution in [1.29, 1.82) is 0 Å². The highest BCUT2D eigenvalue weighted by molar-refractivity contribution is 6.32. The lowest BCUT2D eigenvalue weighted by Crippen LogP contribution is -2.55. The minimum atomic E-state index is -0.915. The lowest BCUT2D eigenvalue weighted by Gasteiger charge is -2.36. The highest BCUT2D eigenvalue weighted by atomic mass is 35.5. The van der Waals surface area contributed by atoms with E-state index in [1.54, 1.807) is 0 Å². The van der Waals surface area contributed by atoms with Gasteiger partial charge in [0.25, 0.3) is 0 Å². The highest BCUT2D eigenvalue weighted by Gasteiger charge is 2.64. The Bertz CT molecular complexity index is 869. The van der Waals surface area contributed by atoms with Gasteiger partial charge in [0.05, 0.1) is 31.5 Å². The Morgan fingerprint density at radius 2 is 2.07 bits per heavy atom. The van der Waals surface area contributed by atoms with Crippen molar-refractivity contribution in [2.75, 3.05) is 17.7 Å². The number of fused-ring (bicyclic) bond motifs is 1. The molecule has 4 N–H and O–H groups in total. The maximum absolute atomic E-state index is 10.8. The molecule has 1 saturated carbocycles. The van der Waals surface area contributed by atoms with E-state index in [0.29, 0.717) is 18.8 Å². The summed E-state index contributed by atoms with van der Waals surface area (Å²) in [6.45, 7) is 4.35. The smallest absolute Gasteiger partial charge is 0.164 e. The number of aliphatic hydroxyl groups excluding tert-OH is 1. The number of nitrogens with two attached hydrogens (primary N) is 1. The second kappa shape index (κ2) is 7.70. The summed E-state index contributed by atoms with van der Waals surface area (Å²) in [7, 11) is 0. The van der Waals surface area contributed by atoms with Gasteiger partial charge in [-0.05, 0) is 19.4 Å². The quantitative estimate of drug-likeness (QED) is 0.610. The SMILES string of the molecule is CC1(C)O[C@H]2C[C@@H](O)[C@H](Nc3ncnc(Cl)c3N)[C@@]2(COCc2ccccc2)O1. The molecule has 4 rings (SSSR count). The molecule has 2 aromatic rings. The summed E-state index contributed by atoms with van der Waals surface area (Å²) < 4.78 is 18.4. The second-order valence-electron chi connectivity index (χ2n) is 7.89. The predicted molar refractivity (Wildman–Crippen MR) is 108 cm³/mol. The molecule has 0 radical (unpaired) electrons. The Labute approximate surface area is 174 Å². The number of anilines is 2. The molecule has 0 spiro atoms. The van der Waals surface area contributed by atoms with E-state index in [0.717, 1.165) is 5.56 Å². The molecule has 1 aromatic carbocycles. The van der Waals surface area contributed by atoms with E-state index in [1.165, 1.54) is 6.33 Å². The minimum Gasteiger partial charge on any atom is -0.393 e. The first-order valence-corrected chi connectivity index (χ1v) is 9.89. The fraction of sp³-hybridized carbons (Fsp3) is 0.500. The molecule has 1 aliphatic heterocycles. The lowest BCUT2D eigenvalue weighted by molar-refractivity contribution is -0.187. The third kappa shape index (κ3) is 3.91. The van der Waals surface area contributed by atoms with E-state index in [1.807, 2.05) is 44.2 Å². The van der Waals surface area contributed by atoms with E-state index in [2.05, 4.69) is 15.3 Å². The number of hydrogen-bond donors (Lipinski definition) is 3. The fourth-order valence-electron chi connectivity index (χ4n) is 4.15. The third-order valence-electron chi connectivity index (χ3n) is 5.34. The van der Waals surface area contributed by atoms with Crippen molar-refractivity contribution in [3.63, 3.8) is 0 Å². The average Bonchev–Trinajstić information content (AvgIpc) is 3.06. The van der Waals surface area contributed by atoms with Crippen LogP contribution in [0, 0.1) is 0 Å². The number of halogens is 1. The zero-order valence-corrected chi connectivity index (χ0v) is 17.1. The molecular formula is C20H25ClN4O4. The van der Waals surface area contributed by atoms with Gasteiger partial charge in [-0.3, -0.25) is 0 Å². The van der Waals surface area contributed by atoms with E-state index in [9.17, 15) is 5.11 Å². The predicted octanol–water partition coefficient (Wildman–Crippen LogP) is 2.36. The highest BCUT2D eigenvalue weighted by Crippen LogP contribution is 2.48. The van der Waals surface area contributed by atoms with Crippen LogP contribution in [-0.2, 0) is 20.8 Å². The summed E-state index contributed by atoms with van der Waals surface area (Å²) in [5.74, 6) is -0.471. The third-order valence-corrected chi connectivity index (χ3v) is 5.64. The molecule has 1 aliphatic carbocycles. The Morgan fingerprint density at radius 3 is 2.83 bits per heavy atom.